The molecule has 3 aromatic rings. The topological polar surface area (TPSA) is 105 Å². The summed E-state index contributed by atoms with van der Waals surface area (Å²) in [7, 11) is 1.59. The van der Waals surface area contributed by atoms with E-state index in [-0.39, 0.29) is 18.7 Å². The molecular formula is C24H33N5O4. The second kappa shape index (κ2) is 9.43. The van der Waals surface area contributed by atoms with E-state index in [4.69, 9.17) is 9.72 Å². The van der Waals surface area contributed by atoms with E-state index in [9.17, 15) is 14.7 Å². The third-order valence-electron chi connectivity index (χ3n) is 6.66. The number of aliphatic hydroxyl groups excluding tert-OH is 1. The average Bonchev–Trinajstić information content (AvgIpc) is 3.17. The van der Waals surface area contributed by atoms with Crippen molar-refractivity contribution in [3.05, 3.63) is 50.2 Å². The lowest BCUT2D eigenvalue weighted by Crippen LogP contribution is -2.41. The minimum Gasteiger partial charge on any atom is -0.491 e. The van der Waals surface area contributed by atoms with Crippen LogP contribution in [0.5, 0.6) is 5.75 Å². The Balaban J connectivity index is 1.68. The number of benzene rings is 1. The Morgan fingerprint density at radius 1 is 1.24 bits per heavy atom. The van der Waals surface area contributed by atoms with Gasteiger partial charge in [-0.1, -0.05) is 13.0 Å². The Labute approximate surface area is 192 Å². The number of anilines is 1. The molecule has 1 saturated heterocycles. The number of hydrogen-bond acceptors (Lipinski definition) is 6. The Morgan fingerprint density at radius 3 is 2.76 bits per heavy atom. The summed E-state index contributed by atoms with van der Waals surface area (Å²) in [5.41, 5.74) is 1.90. The molecule has 1 aliphatic rings. The summed E-state index contributed by atoms with van der Waals surface area (Å²) in [5, 5.41) is 10.9. The molecule has 33 heavy (non-hydrogen) atoms. The molecule has 9 nitrogen and oxygen atoms in total. The van der Waals surface area contributed by atoms with Crippen LogP contribution in [0.2, 0.25) is 0 Å². The zero-order valence-electron chi connectivity index (χ0n) is 19.8. The Morgan fingerprint density at radius 2 is 2.03 bits per heavy atom. The van der Waals surface area contributed by atoms with Crippen LogP contribution in [-0.2, 0) is 13.6 Å². The van der Waals surface area contributed by atoms with E-state index in [1.165, 1.54) is 10.1 Å². The number of aromatic amines is 1. The zero-order chi connectivity index (χ0) is 23.7. The first-order valence-corrected chi connectivity index (χ1v) is 11.6. The summed E-state index contributed by atoms with van der Waals surface area (Å²) in [6, 6.07) is 6.11. The molecule has 0 bridgehead atoms. The lowest BCUT2D eigenvalue weighted by Gasteiger charge is -2.36. The number of nitrogens with zero attached hydrogens (tertiary/aromatic N) is 4. The SMILES string of the molecule is CC[C@H]1CCCCN1c1nc2c(c(=O)[nH]c(=O)n2C)n1C[C@@H](O)COc1ccc(C)c(C)c1. The molecule has 0 spiro atoms. The standard InChI is InChI=1S/C24H33N5O4/c1-5-17-8-6-7-11-28(17)23-25-21-20(22(31)26-24(32)27(21)4)29(23)13-18(30)14-33-19-10-9-15(2)16(3)12-19/h9-10,12,17-18,30H,5-8,11,13-14H2,1-4H3,(H,26,31,32)/t17-,18+/m0/s1. The summed E-state index contributed by atoms with van der Waals surface area (Å²) in [6.45, 7) is 7.22. The van der Waals surface area contributed by atoms with Gasteiger partial charge in [0.05, 0.1) is 6.54 Å². The second-order valence-corrected chi connectivity index (χ2v) is 8.98. The molecule has 4 rings (SSSR count). The number of H-pyrrole nitrogens is 1. The van der Waals surface area contributed by atoms with Gasteiger partial charge in [-0.3, -0.25) is 14.3 Å². The maximum Gasteiger partial charge on any atom is 0.329 e. The monoisotopic (exact) mass is 455 g/mol. The third-order valence-corrected chi connectivity index (χ3v) is 6.66. The molecule has 0 unspecified atom stereocenters. The highest BCUT2D eigenvalue weighted by Crippen LogP contribution is 2.28. The number of nitrogens with one attached hydrogen (secondary N) is 1. The zero-order valence-corrected chi connectivity index (χ0v) is 19.8. The largest absolute Gasteiger partial charge is 0.491 e. The summed E-state index contributed by atoms with van der Waals surface area (Å²) in [6.07, 6.45) is 3.32. The van der Waals surface area contributed by atoms with Crippen molar-refractivity contribution in [3.8, 4) is 5.75 Å². The first-order valence-electron chi connectivity index (χ1n) is 11.6. The maximum absolute atomic E-state index is 12.8. The van der Waals surface area contributed by atoms with Crippen molar-refractivity contribution in [2.75, 3.05) is 18.1 Å². The Bertz CT molecular complexity index is 1260. The van der Waals surface area contributed by atoms with Crippen molar-refractivity contribution in [1.82, 2.24) is 19.1 Å². The smallest absolute Gasteiger partial charge is 0.329 e. The number of aliphatic hydroxyl groups is 1. The summed E-state index contributed by atoms with van der Waals surface area (Å²) in [4.78, 5) is 34.3. The minimum atomic E-state index is -0.871. The van der Waals surface area contributed by atoms with Gasteiger partial charge in [0.15, 0.2) is 11.2 Å². The maximum atomic E-state index is 12.8. The van der Waals surface area contributed by atoms with E-state index in [0.717, 1.165) is 37.8 Å². The highest BCUT2D eigenvalue weighted by atomic mass is 16.5. The molecule has 1 fully saturated rings. The van der Waals surface area contributed by atoms with Crippen LogP contribution in [0, 0.1) is 13.8 Å². The van der Waals surface area contributed by atoms with Crippen LogP contribution in [0.3, 0.4) is 0 Å². The number of aromatic nitrogens is 4. The van der Waals surface area contributed by atoms with Gasteiger partial charge in [-0.15, -0.1) is 0 Å². The fourth-order valence-corrected chi connectivity index (χ4v) is 4.56. The van der Waals surface area contributed by atoms with Crippen molar-refractivity contribution in [2.45, 2.75) is 65.1 Å². The number of rotatable bonds is 7. The second-order valence-electron chi connectivity index (χ2n) is 8.98. The minimum absolute atomic E-state index is 0.0719. The van der Waals surface area contributed by atoms with E-state index in [0.29, 0.717) is 23.4 Å². The fourth-order valence-electron chi connectivity index (χ4n) is 4.56. The first kappa shape index (κ1) is 23.1. The van der Waals surface area contributed by atoms with Gasteiger partial charge in [0.25, 0.3) is 5.56 Å². The first-order chi connectivity index (χ1) is 15.8. The van der Waals surface area contributed by atoms with Crippen LogP contribution < -0.4 is 20.9 Å². The van der Waals surface area contributed by atoms with Gasteiger partial charge in [0, 0.05) is 19.6 Å². The normalized spacial score (nSPS) is 17.5. The molecule has 2 aromatic heterocycles. The van der Waals surface area contributed by atoms with Gasteiger partial charge in [0.2, 0.25) is 5.95 Å². The molecular weight excluding hydrogens is 422 g/mol. The van der Waals surface area contributed by atoms with Crippen LogP contribution in [0.15, 0.2) is 27.8 Å². The number of hydrogen-bond donors (Lipinski definition) is 2. The summed E-state index contributed by atoms with van der Waals surface area (Å²) in [5.74, 6) is 1.31. The highest BCUT2D eigenvalue weighted by molar-refractivity contribution is 5.74. The number of imidazole rings is 1. The van der Waals surface area contributed by atoms with Gasteiger partial charge < -0.3 is 19.3 Å². The van der Waals surface area contributed by atoms with Crippen LogP contribution >= 0.6 is 0 Å². The fraction of sp³-hybridized carbons (Fsp3) is 0.542. The predicted molar refractivity (Wildman–Crippen MR) is 128 cm³/mol. The van der Waals surface area contributed by atoms with E-state index in [1.807, 2.05) is 32.0 Å². The lowest BCUT2D eigenvalue weighted by atomic mass is 10.0. The molecule has 0 amide bonds. The van der Waals surface area contributed by atoms with Crippen molar-refractivity contribution in [3.63, 3.8) is 0 Å². The molecule has 1 aliphatic heterocycles. The molecule has 2 atom stereocenters. The molecule has 2 N–H and O–H groups in total. The van der Waals surface area contributed by atoms with E-state index < -0.39 is 17.4 Å². The number of aryl methyl sites for hydroxylation is 3. The molecule has 0 saturated carbocycles. The van der Waals surface area contributed by atoms with Gasteiger partial charge in [0.1, 0.15) is 18.5 Å². The lowest BCUT2D eigenvalue weighted by molar-refractivity contribution is 0.0934. The summed E-state index contributed by atoms with van der Waals surface area (Å²) < 4.78 is 8.92. The average molecular weight is 456 g/mol. The van der Waals surface area contributed by atoms with Crippen molar-refractivity contribution >= 4 is 17.1 Å². The highest BCUT2D eigenvalue weighted by Gasteiger charge is 2.28. The van der Waals surface area contributed by atoms with Crippen LogP contribution in [0.4, 0.5) is 5.95 Å². The third kappa shape index (κ3) is 4.55. The van der Waals surface area contributed by atoms with E-state index >= 15 is 0 Å². The van der Waals surface area contributed by atoms with Crippen molar-refractivity contribution < 1.29 is 9.84 Å². The number of ether oxygens (including phenoxy) is 1. The van der Waals surface area contributed by atoms with E-state index in [1.54, 1.807) is 11.6 Å². The van der Waals surface area contributed by atoms with Gasteiger partial charge in [-0.05, 0) is 62.8 Å². The molecule has 178 valence electrons. The summed E-state index contributed by atoms with van der Waals surface area (Å²) >= 11 is 0. The number of fused-ring (bicyclic) bond motifs is 1. The molecule has 1 aromatic carbocycles. The quantitative estimate of drug-likeness (QED) is 0.566. The number of piperidine rings is 1. The van der Waals surface area contributed by atoms with Crippen LogP contribution in [-0.4, -0.2) is 49.5 Å². The molecule has 0 aliphatic carbocycles. The Hall–Kier alpha value is -3.07. The van der Waals surface area contributed by atoms with Gasteiger partial charge in [-0.2, -0.15) is 4.98 Å². The van der Waals surface area contributed by atoms with Crippen LogP contribution in [0.25, 0.3) is 11.2 Å². The van der Waals surface area contributed by atoms with Crippen molar-refractivity contribution in [1.29, 1.82) is 0 Å². The van der Waals surface area contributed by atoms with E-state index in [2.05, 4.69) is 16.8 Å². The molecule has 0 radical (unpaired) electrons. The van der Waals surface area contributed by atoms with Crippen molar-refractivity contribution in [2.24, 2.45) is 7.05 Å². The molecule has 9 heteroatoms. The predicted octanol–water partition coefficient (Wildman–Crippen LogP) is 2.25. The molecule has 3 heterocycles. The van der Waals surface area contributed by atoms with Gasteiger partial charge in [-0.25, -0.2) is 4.79 Å². The van der Waals surface area contributed by atoms with Gasteiger partial charge >= 0.3 is 5.69 Å². The van der Waals surface area contributed by atoms with Crippen LogP contribution in [0.1, 0.15) is 43.7 Å². The Kier molecular flexibility index (Phi) is 6.60.